The molecular formula is C14H13NO4S. The van der Waals surface area contributed by atoms with Crippen LogP contribution in [-0.4, -0.2) is 18.6 Å². The molecule has 0 saturated heterocycles. The molecule has 0 saturated carbocycles. The number of benzene rings is 2. The van der Waals surface area contributed by atoms with Crippen molar-refractivity contribution in [1.29, 1.82) is 0 Å². The molecule has 0 fully saturated rings. The predicted octanol–water partition coefficient (Wildman–Crippen LogP) is 1.92. The molecule has 20 heavy (non-hydrogen) atoms. The monoisotopic (exact) mass is 291 g/mol. The van der Waals surface area contributed by atoms with Crippen molar-refractivity contribution >= 4 is 22.2 Å². The lowest BCUT2D eigenvalue weighted by Gasteiger charge is -2.00. The van der Waals surface area contributed by atoms with Gasteiger partial charge in [-0.05, 0) is 35.4 Å². The van der Waals surface area contributed by atoms with Crippen LogP contribution in [0, 0.1) is 0 Å². The van der Waals surface area contributed by atoms with Gasteiger partial charge in [0.25, 0.3) is 0 Å². The van der Waals surface area contributed by atoms with Crippen LogP contribution in [0.5, 0.6) is 11.5 Å². The minimum Gasteiger partial charge on any atom is -0.504 e. The summed E-state index contributed by atoms with van der Waals surface area (Å²) in [5, 5.41) is 23.6. The largest absolute Gasteiger partial charge is 0.504 e. The van der Waals surface area contributed by atoms with Crippen LogP contribution in [0.15, 0.2) is 47.4 Å². The van der Waals surface area contributed by atoms with E-state index in [-0.39, 0.29) is 16.4 Å². The normalized spacial score (nSPS) is 11.8. The first-order valence-corrected chi connectivity index (χ1v) is 7.24. The minimum atomic E-state index is -3.68. The van der Waals surface area contributed by atoms with Gasteiger partial charge in [0.05, 0.1) is 4.90 Å². The Labute approximate surface area is 116 Å². The average Bonchev–Trinajstić information content (AvgIpc) is 2.40. The molecule has 0 spiro atoms. The van der Waals surface area contributed by atoms with Crippen LogP contribution >= 0.6 is 0 Å². The van der Waals surface area contributed by atoms with Crippen LogP contribution in [0.4, 0.5) is 0 Å². The Kier molecular flexibility index (Phi) is 3.78. The Morgan fingerprint density at radius 2 is 1.40 bits per heavy atom. The molecule has 0 heterocycles. The van der Waals surface area contributed by atoms with E-state index in [9.17, 15) is 18.6 Å². The van der Waals surface area contributed by atoms with Crippen LogP contribution in [-0.2, 0) is 10.0 Å². The van der Waals surface area contributed by atoms with E-state index in [1.54, 1.807) is 30.4 Å². The van der Waals surface area contributed by atoms with Gasteiger partial charge in [-0.2, -0.15) is 0 Å². The molecule has 5 nitrogen and oxygen atoms in total. The molecule has 0 unspecified atom stereocenters. The maximum absolute atomic E-state index is 11.1. The molecule has 104 valence electrons. The lowest BCUT2D eigenvalue weighted by Crippen LogP contribution is -2.11. The summed E-state index contributed by atoms with van der Waals surface area (Å²) in [5.74, 6) is -0.378. The van der Waals surface area contributed by atoms with Gasteiger partial charge in [-0.25, -0.2) is 13.6 Å². The lowest BCUT2D eigenvalue weighted by atomic mass is 10.1. The topological polar surface area (TPSA) is 101 Å². The quantitative estimate of drug-likeness (QED) is 0.594. The van der Waals surface area contributed by atoms with Crippen LogP contribution in [0.25, 0.3) is 12.2 Å². The zero-order valence-corrected chi connectivity index (χ0v) is 11.2. The first kappa shape index (κ1) is 14.1. The third kappa shape index (κ3) is 3.37. The molecule has 0 aliphatic rings. The highest BCUT2D eigenvalue weighted by molar-refractivity contribution is 7.89. The summed E-state index contributed by atoms with van der Waals surface area (Å²) in [5.41, 5.74) is 1.49. The molecule has 0 radical (unpaired) electrons. The maximum atomic E-state index is 11.1. The third-order valence-electron chi connectivity index (χ3n) is 2.68. The van der Waals surface area contributed by atoms with Gasteiger partial charge in [-0.15, -0.1) is 0 Å². The van der Waals surface area contributed by atoms with E-state index in [1.165, 1.54) is 24.3 Å². The van der Waals surface area contributed by atoms with E-state index in [1.807, 2.05) is 0 Å². The Bertz CT molecular complexity index is 749. The van der Waals surface area contributed by atoms with Gasteiger partial charge in [-0.3, -0.25) is 0 Å². The van der Waals surface area contributed by atoms with Gasteiger partial charge < -0.3 is 10.2 Å². The van der Waals surface area contributed by atoms with Crippen molar-refractivity contribution < 1.29 is 18.6 Å². The Morgan fingerprint density at radius 1 is 0.850 bits per heavy atom. The molecular weight excluding hydrogens is 278 g/mol. The van der Waals surface area contributed by atoms with Crippen LogP contribution in [0.2, 0.25) is 0 Å². The number of primary sulfonamides is 1. The fourth-order valence-corrected chi connectivity index (χ4v) is 2.12. The molecule has 4 N–H and O–H groups in total. The zero-order valence-electron chi connectivity index (χ0n) is 10.4. The smallest absolute Gasteiger partial charge is 0.238 e. The average molecular weight is 291 g/mol. The summed E-state index contributed by atoms with van der Waals surface area (Å²) >= 11 is 0. The molecule has 0 aliphatic carbocycles. The predicted molar refractivity (Wildman–Crippen MR) is 76.5 cm³/mol. The van der Waals surface area contributed by atoms with E-state index >= 15 is 0 Å². The first-order chi connectivity index (χ1) is 9.36. The fourth-order valence-electron chi connectivity index (χ4n) is 1.61. The van der Waals surface area contributed by atoms with Crippen LogP contribution in [0.1, 0.15) is 11.1 Å². The molecule has 6 heteroatoms. The van der Waals surface area contributed by atoms with E-state index in [2.05, 4.69) is 0 Å². The highest BCUT2D eigenvalue weighted by Crippen LogP contribution is 2.25. The summed E-state index contributed by atoms with van der Waals surface area (Å²) in [4.78, 5) is 0.0527. The Balaban J connectivity index is 2.21. The molecule has 0 bridgehead atoms. The van der Waals surface area contributed by atoms with Crippen molar-refractivity contribution in [3.63, 3.8) is 0 Å². The Morgan fingerprint density at radius 3 is 1.95 bits per heavy atom. The summed E-state index contributed by atoms with van der Waals surface area (Å²) < 4.78 is 22.2. The highest BCUT2D eigenvalue weighted by atomic mass is 32.2. The van der Waals surface area contributed by atoms with Crippen molar-refractivity contribution in [2.45, 2.75) is 4.90 Å². The van der Waals surface area contributed by atoms with Crippen molar-refractivity contribution in [1.82, 2.24) is 0 Å². The van der Waals surface area contributed by atoms with Gasteiger partial charge in [0.1, 0.15) is 0 Å². The SMILES string of the molecule is NS(=O)(=O)c1ccc(C=Cc2ccc(O)c(O)c2)cc1. The number of aromatic hydroxyl groups is 2. The molecule has 0 atom stereocenters. The van der Waals surface area contributed by atoms with E-state index in [4.69, 9.17) is 5.14 Å². The van der Waals surface area contributed by atoms with E-state index < -0.39 is 10.0 Å². The van der Waals surface area contributed by atoms with E-state index in [0.717, 1.165) is 5.56 Å². The lowest BCUT2D eigenvalue weighted by molar-refractivity contribution is 0.403. The first-order valence-electron chi connectivity index (χ1n) is 5.69. The van der Waals surface area contributed by atoms with Gasteiger partial charge in [0.15, 0.2) is 11.5 Å². The number of rotatable bonds is 3. The van der Waals surface area contributed by atoms with E-state index in [0.29, 0.717) is 5.56 Å². The summed E-state index contributed by atoms with van der Waals surface area (Å²) in [6.07, 6.45) is 3.48. The second kappa shape index (κ2) is 5.36. The van der Waals surface area contributed by atoms with Crippen molar-refractivity contribution in [3.8, 4) is 11.5 Å². The molecule has 2 rings (SSSR count). The maximum Gasteiger partial charge on any atom is 0.238 e. The molecule has 0 amide bonds. The van der Waals surface area contributed by atoms with Crippen molar-refractivity contribution in [3.05, 3.63) is 53.6 Å². The third-order valence-corrected chi connectivity index (χ3v) is 3.61. The standard InChI is InChI=1S/C14H13NO4S/c15-20(18,19)12-6-3-10(4-7-12)1-2-11-5-8-13(16)14(17)9-11/h1-9,16-17H,(H2,15,18,19). The summed E-state index contributed by atoms with van der Waals surface area (Å²) in [6.45, 7) is 0. The summed E-state index contributed by atoms with van der Waals surface area (Å²) in [7, 11) is -3.68. The molecule has 0 aliphatic heterocycles. The van der Waals surface area contributed by atoms with Gasteiger partial charge in [-0.1, -0.05) is 30.4 Å². The molecule has 2 aromatic rings. The van der Waals surface area contributed by atoms with Gasteiger partial charge in [0.2, 0.25) is 10.0 Å². The second-order valence-corrected chi connectivity index (χ2v) is 5.76. The molecule has 0 aromatic heterocycles. The number of hydrogen-bond acceptors (Lipinski definition) is 4. The Hall–Kier alpha value is -2.31. The second-order valence-electron chi connectivity index (χ2n) is 4.20. The number of phenolic OH excluding ortho intramolecular Hbond substituents is 2. The van der Waals surface area contributed by atoms with Crippen molar-refractivity contribution in [2.24, 2.45) is 5.14 Å². The number of hydrogen-bond donors (Lipinski definition) is 3. The van der Waals surface area contributed by atoms with Gasteiger partial charge >= 0.3 is 0 Å². The molecule has 2 aromatic carbocycles. The number of sulfonamides is 1. The highest BCUT2D eigenvalue weighted by Gasteiger charge is 2.05. The number of nitrogens with two attached hydrogens (primary N) is 1. The van der Waals surface area contributed by atoms with Gasteiger partial charge in [0, 0.05) is 0 Å². The van der Waals surface area contributed by atoms with Crippen LogP contribution < -0.4 is 5.14 Å². The van der Waals surface area contributed by atoms with Crippen LogP contribution in [0.3, 0.4) is 0 Å². The summed E-state index contributed by atoms with van der Waals surface area (Å²) in [6, 6.07) is 10.5. The minimum absolute atomic E-state index is 0.0527. The van der Waals surface area contributed by atoms with Crippen molar-refractivity contribution in [2.75, 3.05) is 0 Å². The zero-order chi connectivity index (χ0) is 14.8. The number of phenols is 2. The fraction of sp³-hybridized carbons (Fsp3) is 0.